The van der Waals surface area contributed by atoms with Crippen LogP contribution >= 0.6 is 0 Å². The van der Waals surface area contributed by atoms with E-state index >= 15 is 0 Å². The largest absolute Gasteiger partial charge is 0.348 e. The zero-order valence-electron chi connectivity index (χ0n) is 14.2. The average Bonchev–Trinajstić information content (AvgIpc) is 2.48. The zero-order valence-corrected chi connectivity index (χ0v) is 14.2. The molecule has 1 aliphatic heterocycles. The van der Waals surface area contributed by atoms with Gasteiger partial charge in [-0.3, -0.25) is 9.59 Å². The highest BCUT2D eigenvalue weighted by Crippen LogP contribution is 2.61. The fourth-order valence-corrected chi connectivity index (χ4v) is 5.97. The molecule has 0 saturated heterocycles. The second kappa shape index (κ2) is 5.32. The number of hydrazone groups is 1. The summed E-state index contributed by atoms with van der Waals surface area (Å²) in [7, 11) is 1.62. The highest BCUT2D eigenvalue weighted by atomic mass is 16.2. The van der Waals surface area contributed by atoms with E-state index in [0.29, 0.717) is 24.0 Å². The second-order valence-electron chi connectivity index (χ2n) is 8.44. The smallest absolute Gasteiger partial charge is 0.267 e. The predicted octanol–water partition coefficient (Wildman–Crippen LogP) is 2.32. The Morgan fingerprint density at radius 1 is 1.17 bits per heavy atom. The van der Waals surface area contributed by atoms with Crippen molar-refractivity contribution in [1.29, 1.82) is 0 Å². The summed E-state index contributed by atoms with van der Waals surface area (Å²) in [5.41, 5.74) is 0.810. The van der Waals surface area contributed by atoms with Crippen LogP contribution in [0.15, 0.2) is 5.10 Å². The summed E-state index contributed by atoms with van der Waals surface area (Å²) in [5, 5.41) is 8.68. The van der Waals surface area contributed by atoms with Gasteiger partial charge in [0.2, 0.25) is 5.91 Å². The lowest BCUT2D eigenvalue weighted by Gasteiger charge is -2.59. The Hall–Kier alpha value is -1.39. The van der Waals surface area contributed by atoms with Gasteiger partial charge in [0.25, 0.3) is 5.91 Å². The third-order valence-electron chi connectivity index (χ3n) is 6.82. The van der Waals surface area contributed by atoms with Crippen LogP contribution in [0.25, 0.3) is 0 Å². The van der Waals surface area contributed by atoms with Gasteiger partial charge >= 0.3 is 0 Å². The first-order chi connectivity index (χ1) is 10.9. The van der Waals surface area contributed by atoms with Crippen molar-refractivity contribution in [3.63, 3.8) is 0 Å². The number of carbonyl (C=O) groups excluding carboxylic acids is 2. The molecule has 0 radical (unpaired) electrons. The molecular weight excluding hydrogens is 290 g/mol. The molecule has 5 aliphatic rings. The van der Waals surface area contributed by atoms with Gasteiger partial charge < -0.3 is 5.32 Å². The van der Waals surface area contributed by atoms with E-state index in [1.807, 2.05) is 0 Å². The summed E-state index contributed by atoms with van der Waals surface area (Å²) < 4.78 is 0. The molecule has 0 aromatic rings. The maximum absolute atomic E-state index is 12.6. The lowest BCUT2D eigenvalue weighted by molar-refractivity contribution is -0.130. The minimum atomic E-state index is -0.0763. The molecule has 4 bridgehead atoms. The summed E-state index contributed by atoms with van der Waals surface area (Å²) in [6.45, 7) is 2.18. The molecule has 0 spiro atoms. The normalized spacial score (nSPS) is 40.1. The minimum absolute atomic E-state index is 0.0179. The van der Waals surface area contributed by atoms with Crippen molar-refractivity contribution in [3.05, 3.63) is 0 Å². The number of carbonyl (C=O) groups is 2. The number of nitrogens with zero attached hydrogens (tertiary/aromatic N) is 2. The summed E-state index contributed by atoms with van der Waals surface area (Å²) in [5.74, 6) is 2.56. The molecule has 4 saturated carbocycles. The molecule has 2 amide bonds. The molecule has 4 fully saturated rings. The van der Waals surface area contributed by atoms with E-state index in [2.05, 4.69) is 17.3 Å². The molecule has 1 atom stereocenters. The molecule has 1 heterocycles. The molecule has 23 heavy (non-hydrogen) atoms. The first kappa shape index (κ1) is 15.2. The van der Waals surface area contributed by atoms with E-state index in [0.717, 1.165) is 17.8 Å². The van der Waals surface area contributed by atoms with Crippen LogP contribution in [0.5, 0.6) is 0 Å². The van der Waals surface area contributed by atoms with Crippen LogP contribution < -0.4 is 5.32 Å². The van der Waals surface area contributed by atoms with E-state index in [-0.39, 0.29) is 17.9 Å². The van der Waals surface area contributed by atoms with Crippen LogP contribution in [0.3, 0.4) is 0 Å². The van der Waals surface area contributed by atoms with Gasteiger partial charge in [0.15, 0.2) is 0 Å². The molecule has 4 aliphatic carbocycles. The summed E-state index contributed by atoms with van der Waals surface area (Å²) >= 11 is 0. The number of hydrogen-bond acceptors (Lipinski definition) is 3. The van der Waals surface area contributed by atoms with Gasteiger partial charge in [0.05, 0.1) is 0 Å². The molecule has 0 aromatic carbocycles. The van der Waals surface area contributed by atoms with E-state index in [9.17, 15) is 9.59 Å². The van der Waals surface area contributed by atoms with Crippen LogP contribution in [0.2, 0.25) is 0 Å². The van der Waals surface area contributed by atoms with Gasteiger partial charge in [0.1, 0.15) is 5.71 Å². The topological polar surface area (TPSA) is 61.8 Å². The van der Waals surface area contributed by atoms with Crippen LogP contribution in [-0.4, -0.2) is 35.6 Å². The Morgan fingerprint density at radius 3 is 2.26 bits per heavy atom. The lowest BCUT2D eigenvalue weighted by atomic mass is 9.48. The number of nitrogens with one attached hydrogen (secondary N) is 1. The lowest BCUT2D eigenvalue weighted by Crippen LogP contribution is -2.56. The molecule has 1 N–H and O–H groups in total. The van der Waals surface area contributed by atoms with Crippen molar-refractivity contribution in [1.82, 2.24) is 10.3 Å². The van der Waals surface area contributed by atoms with E-state index < -0.39 is 0 Å². The van der Waals surface area contributed by atoms with Gasteiger partial charge in [-0.15, -0.1) is 0 Å². The molecule has 0 aromatic heterocycles. The monoisotopic (exact) mass is 317 g/mol. The first-order valence-electron chi connectivity index (χ1n) is 9.10. The van der Waals surface area contributed by atoms with Crippen molar-refractivity contribution in [2.45, 2.75) is 64.3 Å². The Bertz CT molecular complexity index is 533. The van der Waals surface area contributed by atoms with Crippen molar-refractivity contribution >= 4 is 17.5 Å². The number of rotatable bonds is 3. The second-order valence-corrected chi connectivity index (χ2v) is 8.44. The molecule has 5 rings (SSSR count). The Morgan fingerprint density at radius 2 is 1.74 bits per heavy atom. The molecule has 5 heteroatoms. The molecule has 126 valence electrons. The Balaban J connectivity index is 1.46. The van der Waals surface area contributed by atoms with Crippen molar-refractivity contribution < 1.29 is 9.59 Å². The molecule has 1 unspecified atom stereocenters. The quantitative estimate of drug-likeness (QED) is 0.868. The SMILES string of the molecule is CC(NC(=O)C1=NN(C)C(=O)CC1)C12CC3CC(CC(C3)C1)C2. The number of hydrogen-bond donors (Lipinski definition) is 1. The van der Waals surface area contributed by atoms with Crippen molar-refractivity contribution in [2.75, 3.05) is 7.05 Å². The van der Waals surface area contributed by atoms with Gasteiger partial charge in [0, 0.05) is 25.9 Å². The van der Waals surface area contributed by atoms with E-state index in [1.165, 1.54) is 43.5 Å². The maximum atomic E-state index is 12.6. The zero-order chi connectivity index (χ0) is 16.2. The third-order valence-corrected chi connectivity index (χ3v) is 6.82. The third kappa shape index (κ3) is 2.58. The summed E-state index contributed by atoms with van der Waals surface area (Å²) in [4.78, 5) is 24.1. The highest BCUT2D eigenvalue weighted by Gasteiger charge is 2.53. The standard InChI is InChI=1S/C18H27N3O2/c1-11(19-17(23)15-3-4-16(22)21(2)20-15)18-8-12-5-13(9-18)7-14(6-12)10-18/h11-14H,3-10H2,1-2H3,(H,19,23). The van der Waals surface area contributed by atoms with Gasteiger partial charge in [-0.05, 0) is 68.6 Å². The van der Waals surface area contributed by atoms with Crippen molar-refractivity contribution in [2.24, 2.45) is 28.3 Å². The predicted molar refractivity (Wildman–Crippen MR) is 87.6 cm³/mol. The number of amides is 2. The van der Waals surface area contributed by atoms with Crippen LogP contribution in [0.1, 0.15) is 58.3 Å². The first-order valence-corrected chi connectivity index (χ1v) is 9.10. The highest BCUT2D eigenvalue weighted by molar-refractivity contribution is 6.39. The van der Waals surface area contributed by atoms with Crippen LogP contribution in [-0.2, 0) is 9.59 Å². The van der Waals surface area contributed by atoms with E-state index in [1.54, 1.807) is 7.05 Å². The Labute approximate surface area is 137 Å². The average molecular weight is 317 g/mol. The van der Waals surface area contributed by atoms with Crippen LogP contribution in [0.4, 0.5) is 0 Å². The van der Waals surface area contributed by atoms with Crippen LogP contribution in [0, 0.1) is 23.2 Å². The van der Waals surface area contributed by atoms with Crippen molar-refractivity contribution in [3.8, 4) is 0 Å². The van der Waals surface area contributed by atoms with E-state index in [4.69, 9.17) is 0 Å². The van der Waals surface area contributed by atoms with Gasteiger partial charge in [-0.25, -0.2) is 5.01 Å². The minimum Gasteiger partial charge on any atom is -0.348 e. The molecule has 5 nitrogen and oxygen atoms in total. The molecular formula is C18H27N3O2. The fraction of sp³-hybridized carbons (Fsp3) is 0.833. The summed E-state index contributed by atoms with van der Waals surface area (Å²) in [6.07, 6.45) is 8.94. The maximum Gasteiger partial charge on any atom is 0.267 e. The Kier molecular flexibility index (Phi) is 3.50. The summed E-state index contributed by atoms with van der Waals surface area (Å²) in [6, 6.07) is 0.203. The van der Waals surface area contributed by atoms with Gasteiger partial charge in [-0.2, -0.15) is 5.10 Å². The fourth-order valence-electron chi connectivity index (χ4n) is 5.97. The van der Waals surface area contributed by atoms with Gasteiger partial charge in [-0.1, -0.05) is 0 Å².